The average molecular weight is 1140 g/mol. The fraction of sp³-hybridized carbons (Fsp3) is 0.279. The van der Waals surface area contributed by atoms with Crippen LogP contribution in [0.4, 0.5) is 34.1 Å². The lowest BCUT2D eigenvalue weighted by Crippen LogP contribution is -2.18. The number of rotatable bonds is 8. The Morgan fingerprint density at radius 2 is 0.477 bits per heavy atom. The minimum atomic E-state index is -0.145. The molecule has 6 aliphatic carbocycles. The van der Waals surface area contributed by atoms with Gasteiger partial charge in [0.05, 0.1) is 0 Å². The summed E-state index contributed by atoms with van der Waals surface area (Å²) in [5.74, 6) is 0.925. The first kappa shape index (κ1) is 53.8. The SMILES string of the molecule is CC1(C)c2ccccc2-c2ccc(N(c3ccc4c(c3)C(C)(C)c3ccccc3-4)c3ccc4c(C5CCCCC5)c5ccc(N(c6ccc7c(c6)C(C)(C)c6ccccc6-7)c6ccc7c(c6)C(C)(C)c6ccccc6-7)cc5c(C5CCCCC5)c4c3)cc21. The number of fused-ring (bicyclic) bond motifs is 14. The van der Waals surface area contributed by atoms with Crippen LogP contribution in [0.25, 0.3) is 66.1 Å². The van der Waals surface area contributed by atoms with Crippen LogP contribution in [0.1, 0.15) is 187 Å². The van der Waals surface area contributed by atoms with Crippen molar-refractivity contribution in [1.29, 1.82) is 0 Å². The first-order valence-electron chi connectivity index (χ1n) is 33.3. The maximum absolute atomic E-state index is 2.68. The van der Waals surface area contributed by atoms with E-state index in [2.05, 4.69) is 271 Å². The zero-order chi connectivity index (χ0) is 59.6. The van der Waals surface area contributed by atoms with Crippen LogP contribution in [0.5, 0.6) is 0 Å². The Balaban J connectivity index is 0.915. The first-order chi connectivity index (χ1) is 42.7. The van der Waals surface area contributed by atoms with Crippen molar-refractivity contribution < 1.29 is 0 Å². The van der Waals surface area contributed by atoms with Crippen molar-refractivity contribution in [1.82, 2.24) is 0 Å². The first-order valence-corrected chi connectivity index (χ1v) is 33.3. The molecule has 2 heteroatoms. The third-order valence-corrected chi connectivity index (χ3v) is 23.0. The van der Waals surface area contributed by atoms with Crippen LogP contribution in [0.15, 0.2) is 206 Å². The zero-order valence-electron chi connectivity index (χ0n) is 52.8. The number of nitrogens with zero attached hydrogens (tertiary/aromatic N) is 2. The van der Waals surface area contributed by atoms with Gasteiger partial charge in [-0.05, 0) is 232 Å². The Bertz CT molecular complexity index is 4230. The molecule has 17 rings (SSSR count). The molecule has 0 unspecified atom stereocenters. The number of anilines is 6. The normalized spacial score (nSPS) is 17.8. The van der Waals surface area contributed by atoms with Crippen molar-refractivity contribution in [3.05, 3.63) is 262 Å². The highest BCUT2D eigenvalue weighted by molar-refractivity contribution is 6.10. The van der Waals surface area contributed by atoms with Crippen LogP contribution in [0, 0.1) is 0 Å². The summed E-state index contributed by atoms with van der Waals surface area (Å²) in [6, 6.07) is 81.5. The second-order valence-electron chi connectivity index (χ2n) is 29.2. The second kappa shape index (κ2) is 19.5. The molecule has 0 radical (unpaired) electrons. The van der Waals surface area contributed by atoms with Gasteiger partial charge in [0.15, 0.2) is 0 Å². The van der Waals surface area contributed by atoms with Crippen LogP contribution >= 0.6 is 0 Å². The van der Waals surface area contributed by atoms with E-state index in [-0.39, 0.29) is 21.7 Å². The summed E-state index contributed by atoms with van der Waals surface area (Å²) < 4.78 is 0. The van der Waals surface area contributed by atoms with Gasteiger partial charge in [-0.25, -0.2) is 0 Å². The smallest absolute Gasteiger partial charge is 0.0468 e. The number of hydrogen-bond donors (Lipinski definition) is 0. The van der Waals surface area contributed by atoms with Crippen molar-refractivity contribution in [2.24, 2.45) is 0 Å². The van der Waals surface area contributed by atoms with Crippen LogP contribution < -0.4 is 9.80 Å². The lowest BCUT2D eigenvalue weighted by atomic mass is 9.74. The summed E-state index contributed by atoms with van der Waals surface area (Å²) in [6.45, 7) is 19.4. The Morgan fingerprint density at radius 3 is 0.773 bits per heavy atom. The third kappa shape index (κ3) is 7.79. The van der Waals surface area contributed by atoms with Gasteiger partial charge in [-0.1, -0.05) is 227 Å². The lowest BCUT2D eigenvalue weighted by molar-refractivity contribution is 0.445. The molecule has 0 atom stereocenters. The van der Waals surface area contributed by atoms with E-state index >= 15 is 0 Å². The molecule has 0 bridgehead atoms. The molecule has 0 saturated heterocycles. The topological polar surface area (TPSA) is 6.48 Å². The molecule has 2 saturated carbocycles. The van der Waals surface area contributed by atoms with Crippen LogP contribution in [0.2, 0.25) is 0 Å². The van der Waals surface area contributed by atoms with Crippen LogP contribution in [-0.2, 0) is 21.7 Å². The maximum atomic E-state index is 2.68. The number of hydrogen-bond acceptors (Lipinski definition) is 2. The molecule has 0 aliphatic heterocycles. The predicted octanol–water partition coefficient (Wildman–Crippen LogP) is 24.3. The molecule has 0 spiro atoms. The highest BCUT2D eigenvalue weighted by atomic mass is 15.1. The van der Waals surface area contributed by atoms with Gasteiger partial charge < -0.3 is 9.80 Å². The average Bonchev–Trinajstić information content (AvgIpc) is 1.34. The van der Waals surface area contributed by atoms with Gasteiger partial charge in [-0.3, -0.25) is 0 Å². The molecular formula is C86H80N2. The molecule has 11 aromatic carbocycles. The van der Waals surface area contributed by atoms with Crippen molar-refractivity contribution in [2.75, 3.05) is 9.80 Å². The van der Waals surface area contributed by atoms with E-state index in [4.69, 9.17) is 0 Å². The van der Waals surface area contributed by atoms with E-state index in [1.807, 2.05) is 0 Å². The molecule has 6 aliphatic rings. The quantitative estimate of drug-likeness (QED) is 0.140. The van der Waals surface area contributed by atoms with Gasteiger partial charge in [-0.15, -0.1) is 0 Å². The van der Waals surface area contributed by atoms with Crippen molar-refractivity contribution in [2.45, 2.75) is 153 Å². The largest absolute Gasteiger partial charge is 0.310 e. The van der Waals surface area contributed by atoms with Crippen molar-refractivity contribution in [3.8, 4) is 44.5 Å². The van der Waals surface area contributed by atoms with Gasteiger partial charge in [0.2, 0.25) is 0 Å². The standard InChI is InChI=1S/C86H80N2/c1-83(2)73-31-19-15-27-61(73)65-41-35-57(49-77(65)83)87(58-36-42-66-62-28-16-20-32-74(62)84(3,4)78(66)50-58)55-39-45-69-71(47-55)82(54-25-13-10-14-26-54)72-48-56(40-46-70(72)81(69)53-23-11-9-12-24-53)88(59-37-43-67-63-29-17-21-33-75(63)85(5,6)79(67)51-59)60-38-44-68-64-30-18-22-34-76(64)86(7,8)80(68)52-60/h15-22,27-54H,9-14,23-26H2,1-8H3. The lowest BCUT2D eigenvalue weighted by Gasteiger charge is -2.33. The van der Waals surface area contributed by atoms with E-state index in [0.717, 1.165) is 0 Å². The zero-order valence-corrected chi connectivity index (χ0v) is 52.8. The monoisotopic (exact) mass is 1140 g/mol. The van der Waals surface area contributed by atoms with Crippen LogP contribution in [0.3, 0.4) is 0 Å². The molecule has 2 nitrogen and oxygen atoms in total. The van der Waals surface area contributed by atoms with Gasteiger partial charge in [-0.2, -0.15) is 0 Å². The van der Waals surface area contributed by atoms with E-state index < -0.39 is 0 Å². The van der Waals surface area contributed by atoms with Crippen LogP contribution in [-0.4, -0.2) is 0 Å². The summed E-state index contributed by atoms with van der Waals surface area (Å²) in [6.07, 6.45) is 12.6. The van der Waals surface area contributed by atoms with Crippen molar-refractivity contribution >= 4 is 55.7 Å². The molecule has 0 aromatic heterocycles. The molecule has 11 aromatic rings. The summed E-state index contributed by atoms with van der Waals surface area (Å²) >= 11 is 0. The third-order valence-electron chi connectivity index (χ3n) is 23.0. The Hall–Kier alpha value is -8.46. The van der Waals surface area contributed by atoms with E-state index in [0.29, 0.717) is 11.8 Å². The predicted molar refractivity (Wildman–Crippen MR) is 373 cm³/mol. The summed E-state index contributed by atoms with van der Waals surface area (Å²) in [4.78, 5) is 5.26. The maximum Gasteiger partial charge on any atom is 0.0468 e. The van der Waals surface area contributed by atoms with Gasteiger partial charge in [0.1, 0.15) is 0 Å². The van der Waals surface area contributed by atoms with E-state index in [9.17, 15) is 0 Å². The highest BCUT2D eigenvalue weighted by Gasteiger charge is 2.41. The van der Waals surface area contributed by atoms with Crippen molar-refractivity contribution in [3.63, 3.8) is 0 Å². The highest BCUT2D eigenvalue weighted by Crippen LogP contribution is 2.58. The summed E-state index contributed by atoms with van der Waals surface area (Å²) in [5, 5.41) is 5.82. The molecular weight excluding hydrogens is 1060 g/mol. The fourth-order valence-corrected chi connectivity index (χ4v) is 18.4. The Kier molecular flexibility index (Phi) is 11.9. The fourth-order valence-electron chi connectivity index (χ4n) is 18.4. The summed E-state index contributed by atoms with van der Waals surface area (Å²) in [7, 11) is 0. The molecule has 0 N–H and O–H groups in total. The van der Waals surface area contributed by atoms with E-state index in [1.165, 1.54) is 209 Å². The summed E-state index contributed by atoms with van der Waals surface area (Å²) in [5.41, 5.74) is 31.9. The molecule has 2 fully saturated rings. The molecule has 88 heavy (non-hydrogen) atoms. The minimum absolute atomic E-state index is 0.145. The minimum Gasteiger partial charge on any atom is -0.310 e. The van der Waals surface area contributed by atoms with E-state index in [1.54, 1.807) is 11.1 Å². The van der Waals surface area contributed by atoms with Gasteiger partial charge in [0.25, 0.3) is 0 Å². The second-order valence-corrected chi connectivity index (χ2v) is 29.2. The number of benzene rings is 11. The van der Waals surface area contributed by atoms with Gasteiger partial charge in [0, 0.05) is 55.8 Å². The Morgan fingerprint density at radius 1 is 0.239 bits per heavy atom. The molecule has 0 heterocycles. The Labute approximate surface area is 521 Å². The molecule has 0 amide bonds. The van der Waals surface area contributed by atoms with Gasteiger partial charge >= 0.3 is 0 Å². The molecule has 434 valence electrons.